The number of fused-ring (bicyclic) bond motifs is 2. The molecule has 0 unspecified atom stereocenters. The second kappa shape index (κ2) is 3.75. The van der Waals surface area contributed by atoms with E-state index in [1.54, 1.807) is 0 Å². The summed E-state index contributed by atoms with van der Waals surface area (Å²) in [7, 11) is 0. The fourth-order valence-electron chi connectivity index (χ4n) is 3.34. The number of hydrogen-bond donors (Lipinski definition) is 1. The van der Waals surface area contributed by atoms with E-state index in [4.69, 9.17) is 5.11 Å². The van der Waals surface area contributed by atoms with Crippen molar-refractivity contribution in [2.24, 2.45) is 11.3 Å². The van der Waals surface area contributed by atoms with Crippen LogP contribution in [0.1, 0.15) is 33.1 Å². The van der Waals surface area contributed by atoms with Crippen LogP contribution in [0.5, 0.6) is 0 Å². The first kappa shape index (κ1) is 11.9. The Bertz CT molecular complexity index is 370. The third kappa shape index (κ3) is 1.49. The molecule has 1 N–H and O–H groups in total. The van der Waals surface area contributed by atoms with E-state index in [1.807, 2.05) is 4.97 Å². The summed E-state index contributed by atoms with van der Waals surface area (Å²) >= 11 is 0.219. The molecule has 0 aliphatic heterocycles. The average Bonchev–Trinajstić information content (AvgIpc) is 2.50. The summed E-state index contributed by atoms with van der Waals surface area (Å²) in [6.07, 6.45) is 4.93. The molecule has 0 aromatic rings. The first-order valence-corrected chi connectivity index (χ1v) is 7.50. The quantitative estimate of drug-likeness (QED) is 0.492. The Morgan fingerprint density at radius 2 is 2.31 bits per heavy atom. The number of carboxylic acids is 1. The van der Waals surface area contributed by atoms with Crippen LogP contribution in [-0.4, -0.2) is 26.0 Å². The number of allylic oxidation sites excluding steroid dienone is 1. The maximum absolute atomic E-state index is 10.5. The van der Waals surface area contributed by atoms with Crippen LogP contribution in [0.25, 0.3) is 0 Å². The summed E-state index contributed by atoms with van der Waals surface area (Å²) in [6.45, 7) is 8.90. The summed E-state index contributed by atoms with van der Waals surface area (Å²) in [5.41, 5.74) is 1.68. The fourth-order valence-corrected chi connectivity index (χ4v) is 6.23. The van der Waals surface area contributed by atoms with Crippen molar-refractivity contribution in [3.63, 3.8) is 0 Å². The summed E-state index contributed by atoms with van der Waals surface area (Å²) < 4.78 is 0.219. The van der Waals surface area contributed by atoms with Crippen LogP contribution in [-0.2, 0) is 4.79 Å². The van der Waals surface area contributed by atoms with Gasteiger partial charge in [0.1, 0.15) is 0 Å². The Balaban J connectivity index is 2.22. The molecule has 0 spiro atoms. The summed E-state index contributed by atoms with van der Waals surface area (Å²) in [4.78, 5) is 12.4. The van der Waals surface area contributed by atoms with Gasteiger partial charge in [-0.15, -0.1) is 0 Å². The minimum atomic E-state index is -0.839. The zero-order valence-electron chi connectivity index (χ0n) is 9.82. The number of aliphatic carboxylic acids is 1. The van der Waals surface area contributed by atoms with Gasteiger partial charge in [0.15, 0.2) is 0 Å². The van der Waals surface area contributed by atoms with Gasteiger partial charge in [0.2, 0.25) is 0 Å². The van der Waals surface area contributed by atoms with Crippen LogP contribution in [0.2, 0.25) is 4.31 Å². The van der Waals surface area contributed by atoms with Crippen molar-refractivity contribution in [2.45, 2.75) is 37.4 Å². The third-order valence-corrected chi connectivity index (χ3v) is 8.00. The van der Waals surface area contributed by atoms with Crippen molar-refractivity contribution in [2.75, 3.05) is 0 Å². The van der Waals surface area contributed by atoms with Gasteiger partial charge in [-0.3, -0.25) is 0 Å². The van der Waals surface area contributed by atoms with E-state index in [2.05, 4.69) is 20.4 Å². The SMILES string of the molecule is C=C1C[C@@H]2CC[C@@]1([Se]/C=C\C(=O)O)C2(C)C. The zero-order chi connectivity index (χ0) is 12.0. The predicted octanol–water partition coefficient (Wildman–Crippen LogP) is 2.84. The Morgan fingerprint density at radius 3 is 2.75 bits per heavy atom. The summed E-state index contributed by atoms with van der Waals surface area (Å²) in [5.74, 6) is -0.0747. The van der Waals surface area contributed by atoms with Crippen molar-refractivity contribution in [3.8, 4) is 0 Å². The van der Waals surface area contributed by atoms with Gasteiger partial charge >= 0.3 is 103 Å². The van der Waals surface area contributed by atoms with E-state index in [9.17, 15) is 4.79 Å². The molecule has 0 radical (unpaired) electrons. The molecule has 3 heteroatoms. The first-order chi connectivity index (χ1) is 7.40. The number of rotatable bonds is 3. The van der Waals surface area contributed by atoms with E-state index in [-0.39, 0.29) is 19.3 Å². The van der Waals surface area contributed by atoms with Crippen molar-refractivity contribution in [3.05, 3.63) is 23.2 Å². The van der Waals surface area contributed by atoms with Gasteiger partial charge in [-0.05, 0) is 0 Å². The molecule has 0 saturated heterocycles. The van der Waals surface area contributed by atoms with Gasteiger partial charge in [-0.25, -0.2) is 0 Å². The molecule has 2 saturated carbocycles. The van der Waals surface area contributed by atoms with Crippen LogP contribution >= 0.6 is 0 Å². The molecule has 2 aliphatic rings. The van der Waals surface area contributed by atoms with Gasteiger partial charge < -0.3 is 0 Å². The standard InChI is InChI=1S/C13H18O2Se/c1-9-8-10-4-6-13(9,12(10,2)3)16-7-5-11(14)15/h5,7,10H,1,4,6,8H2,2-3H3,(H,14,15)/b7-5-/t10-,13-/m0/s1. The van der Waals surface area contributed by atoms with E-state index in [0.29, 0.717) is 5.41 Å². The van der Waals surface area contributed by atoms with E-state index in [1.165, 1.54) is 24.5 Å². The summed E-state index contributed by atoms with van der Waals surface area (Å²) in [5, 5.41) is 8.65. The second-order valence-electron chi connectivity index (χ2n) is 5.35. The molecule has 2 atom stereocenters. The van der Waals surface area contributed by atoms with Crippen molar-refractivity contribution < 1.29 is 9.90 Å². The average molecular weight is 285 g/mol. The molecule has 0 amide bonds. The van der Waals surface area contributed by atoms with Gasteiger partial charge in [0.05, 0.1) is 0 Å². The van der Waals surface area contributed by atoms with E-state index in [0.717, 1.165) is 12.3 Å². The van der Waals surface area contributed by atoms with Crippen molar-refractivity contribution in [1.82, 2.24) is 0 Å². The van der Waals surface area contributed by atoms with Gasteiger partial charge in [-0.2, -0.15) is 0 Å². The van der Waals surface area contributed by atoms with Gasteiger partial charge in [0.25, 0.3) is 0 Å². The fraction of sp³-hybridized carbons (Fsp3) is 0.615. The minimum absolute atomic E-state index is 0.219. The normalized spacial score (nSPS) is 36.1. The molecule has 2 rings (SSSR count). The molecule has 0 aromatic heterocycles. The molecular formula is C13H18O2Se. The van der Waals surface area contributed by atoms with Gasteiger partial charge in [0, 0.05) is 0 Å². The topological polar surface area (TPSA) is 37.3 Å². The van der Waals surface area contributed by atoms with E-state index < -0.39 is 5.97 Å². The van der Waals surface area contributed by atoms with E-state index >= 15 is 0 Å². The maximum atomic E-state index is 10.5. The Hall–Kier alpha value is -0.531. The third-order valence-electron chi connectivity index (χ3n) is 4.45. The van der Waals surface area contributed by atoms with Crippen LogP contribution in [0, 0.1) is 11.3 Å². The van der Waals surface area contributed by atoms with Crippen molar-refractivity contribution >= 4 is 20.9 Å². The zero-order valence-corrected chi connectivity index (χ0v) is 11.5. The molecule has 2 nitrogen and oxygen atoms in total. The second-order valence-corrected chi connectivity index (χ2v) is 7.88. The summed E-state index contributed by atoms with van der Waals surface area (Å²) in [6, 6.07) is 0. The van der Waals surface area contributed by atoms with Crippen molar-refractivity contribution in [1.29, 1.82) is 0 Å². The molecular weight excluding hydrogens is 267 g/mol. The van der Waals surface area contributed by atoms with Crippen LogP contribution in [0.15, 0.2) is 23.2 Å². The number of carbonyl (C=O) groups is 1. The number of hydrogen-bond acceptors (Lipinski definition) is 1. The molecule has 2 bridgehead atoms. The predicted molar refractivity (Wildman–Crippen MR) is 65.5 cm³/mol. The first-order valence-electron chi connectivity index (χ1n) is 5.66. The molecule has 2 aliphatic carbocycles. The molecule has 88 valence electrons. The molecule has 16 heavy (non-hydrogen) atoms. The Labute approximate surface area is 103 Å². The molecule has 2 fully saturated rings. The monoisotopic (exact) mass is 286 g/mol. The van der Waals surface area contributed by atoms with Crippen LogP contribution < -0.4 is 0 Å². The Morgan fingerprint density at radius 1 is 1.62 bits per heavy atom. The molecule has 0 heterocycles. The Kier molecular flexibility index (Phi) is 2.80. The van der Waals surface area contributed by atoms with Gasteiger partial charge in [-0.1, -0.05) is 0 Å². The molecule has 0 aromatic carbocycles. The number of carboxylic acid groups (broad SMARTS) is 1. The van der Waals surface area contributed by atoms with Crippen LogP contribution in [0.4, 0.5) is 0 Å². The van der Waals surface area contributed by atoms with Crippen LogP contribution in [0.3, 0.4) is 0 Å².